The van der Waals surface area contributed by atoms with Crippen LogP contribution in [0.1, 0.15) is 19.9 Å². The molecule has 0 aromatic carbocycles. The van der Waals surface area contributed by atoms with E-state index in [9.17, 15) is 18.5 Å². The van der Waals surface area contributed by atoms with Crippen LogP contribution in [0.25, 0.3) is 0 Å². The van der Waals surface area contributed by atoms with Crippen LogP contribution in [0.2, 0.25) is 0 Å². The number of sulfonamides is 1. The van der Waals surface area contributed by atoms with E-state index in [4.69, 9.17) is 0 Å². The van der Waals surface area contributed by atoms with E-state index in [1.807, 2.05) is 13.8 Å². The molecule has 0 N–H and O–H groups in total. The van der Waals surface area contributed by atoms with Gasteiger partial charge in [-0.05, 0) is 19.9 Å². The van der Waals surface area contributed by atoms with Gasteiger partial charge < -0.3 is 4.57 Å². The van der Waals surface area contributed by atoms with Gasteiger partial charge in [-0.15, -0.1) is 0 Å². The van der Waals surface area contributed by atoms with Crippen molar-refractivity contribution in [2.24, 2.45) is 0 Å². The van der Waals surface area contributed by atoms with Gasteiger partial charge in [0.05, 0.1) is 11.3 Å². The number of nitro groups is 1. The van der Waals surface area contributed by atoms with Gasteiger partial charge in [-0.1, -0.05) is 0 Å². The molecule has 0 fully saturated rings. The Balaban J connectivity index is 2.33. The second-order valence-corrected chi connectivity index (χ2v) is 6.77. The van der Waals surface area contributed by atoms with Crippen molar-refractivity contribution in [3.63, 3.8) is 0 Å². The van der Waals surface area contributed by atoms with Crippen molar-refractivity contribution in [2.45, 2.75) is 24.9 Å². The highest BCUT2D eigenvalue weighted by Gasteiger charge is 2.25. The highest BCUT2D eigenvalue weighted by Crippen LogP contribution is 2.21. The molecule has 0 aliphatic heterocycles. The van der Waals surface area contributed by atoms with Crippen LogP contribution in [0.5, 0.6) is 0 Å². The molecule has 0 amide bonds. The van der Waals surface area contributed by atoms with Crippen molar-refractivity contribution in [3.05, 3.63) is 41.0 Å². The molecule has 0 saturated carbocycles. The molecule has 0 aliphatic carbocycles. The van der Waals surface area contributed by atoms with Crippen molar-refractivity contribution in [1.29, 1.82) is 0 Å². The van der Waals surface area contributed by atoms with E-state index in [0.29, 0.717) is 0 Å². The van der Waals surface area contributed by atoms with Crippen LogP contribution in [-0.2, 0) is 10.0 Å². The Morgan fingerprint density at radius 2 is 2.00 bits per heavy atom. The molecule has 22 heavy (non-hydrogen) atoms. The number of hydrogen-bond donors (Lipinski definition) is 0. The van der Waals surface area contributed by atoms with Gasteiger partial charge in [-0.3, -0.25) is 14.4 Å². The minimum atomic E-state index is -3.87. The van der Waals surface area contributed by atoms with E-state index in [-0.39, 0.29) is 22.6 Å². The quantitative estimate of drug-likeness (QED) is 0.609. The summed E-state index contributed by atoms with van der Waals surface area (Å²) < 4.78 is 27.5. The standard InChI is InChI=1S/C12H15N5O4S/c1-9(2)16-7-12(14-8-16)22(20,21)15(3)11-5-4-10(6-13-11)17(18)19/h4-9H,1-3H3. The van der Waals surface area contributed by atoms with Crippen LogP contribution in [0.4, 0.5) is 11.5 Å². The molecule has 2 aromatic rings. The fraction of sp³-hybridized carbons (Fsp3) is 0.333. The molecular formula is C12H15N5O4S. The lowest BCUT2D eigenvalue weighted by Crippen LogP contribution is -2.27. The molecule has 0 aliphatic rings. The molecule has 0 spiro atoms. The lowest BCUT2D eigenvalue weighted by atomic mass is 10.4. The molecular weight excluding hydrogens is 310 g/mol. The average molecular weight is 325 g/mol. The first-order valence-corrected chi connectivity index (χ1v) is 7.80. The lowest BCUT2D eigenvalue weighted by Gasteiger charge is -2.16. The van der Waals surface area contributed by atoms with Crippen LogP contribution in [0.15, 0.2) is 35.9 Å². The maximum absolute atomic E-state index is 12.5. The number of rotatable bonds is 5. The predicted molar refractivity (Wildman–Crippen MR) is 79.1 cm³/mol. The summed E-state index contributed by atoms with van der Waals surface area (Å²) in [6.45, 7) is 3.80. The molecule has 0 atom stereocenters. The highest BCUT2D eigenvalue weighted by atomic mass is 32.2. The van der Waals surface area contributed by atoms with Crippen molar-refractivity contribution >= 4 is 21.5 Å². The Bertz CT molecular complexity index is 782. The monoisotopic (exact) mass is 325 g/mol. The third-order valence-corrected chi connectivity index (χ3v) is 4.71. The van der Waals surface area contributed by atoms with Gasteiger partial charge in [0.25, 0.3) is 15.7 Å². The Morgan fingerprint density at radius 1 is 1.32 bits per heavy atom. The normalized spacial score (nSPS) is 11.6. The van der Waals surface area contributed by atoms with Gasteiger partial charge in [0.15, 0.2) is 5.03 Å². The fourth-order valence-electron chi connectivity index (χ4n) is 1.67. The zero-order chi connectivity index (χ0) is 16.5. The Labute approximate surface area is 127 Å². The smallest absolute Gasteiger partial charge is 0.287 e. The number of hydrogen-bond acceptors (Lipinski definition) is 6. The maximum atomic E-state index is 12.5. The van der Waals surface area contributed by atoms with Gasteiger partial charge in [0.1, 0.15) is 12.0 Å². The van der Waals surface area contributed by atoms with Gasteiger partial charge in [0, 0.05) is 25.4 Å². The molecule has 0 bridgehead atoms. The molecule has 2 aromatic heterocycles. The predicted octanol–water partition coefficient (Wildman–Crippen LogP) is 1.59. The number of aromatic nitrogens is 3. The Hall–Kier alpha value is -2.49. The summed E-state index contributed by atoms with van der Waals surface area (Å²) in [4.78, 5) is 17.7. The summed E-state index contributed by atoms with van der Waals surface area (Å²) in [5, 5.41) is 10.5. The van der Waals surface area contributed by atoms with Gasteiger partial charge in [0.2, 0.25) is 0 Å². The van der Waals surface area contributed by atoms with Crippen molar-refractivity contribution in [2.75, 3.05) is 11.4 Å². The summed E-state index contributed by atoms with van der Waals surface area (Å²) in [6.07, 6.45) is 3.88. The molecule has 118 valence electrons. The van der Waals surface area contributed by atoms with Gasteiger partial charge in [-0.25, -0.2) is 9.97 Å². The summed E-state index contributed by atoms with van der Waals surface area (Å²) in [7, 11) is -2.55. The molecule has 2 rings (SSSR count). The van der Waals surface area contributed by atoms with Crippen LogP contribution in [-0.4, -0.2) is 34.9 Å². The first-order chi connectivity index (χ1) is 10.2. The van der Waals surface area contributed by atoms with E-state index >= 15 is 0 Å². The first-order valence-electron chi connectivity index (χ1n) is 6.36. The largest absolute Gasteiger partial charge is 0.334 e. The zero-order valence-electron chi connectivity index (χ0n) is 12.2. The molecule has 9 nitrogen and oxygen atoms in total. The van der Waals surface area contributed by atoms with Gasteiger partial charge >= 0.3 is 0 Å². The van der Waals surface area contributed by atoms with E-state index in [2.05, 4.69) is 9.97 Å². The van der Waals surface area contributed by atoms with Crippen LogP contribution in [0, 0.1) is 10.1 Å². The summed E-state index contributed by atoms with van der Waals surface area (Å²) >= 11 is 0. The molecule has 10 heteroatoms. The lowest BCUT2D eigenvalue weighted by molar-refractivity contribution is -0.385. The van der Waals surface area contributed by atoms with E-state index < -0.39 is 14.9 Å². The van der Waals surface area contributed by atoms with E-state index in [0.717, 1.165) is 10.5 Å². The first kappa shape index (κ1) is 15.9. The van der Waals surface area contributed by atoms with E-state index in [1.165, 1.54) is 31.7 Å². The van der Waals surface area contributed by atoms with Crippen LogP contribution in [0.3, 0.4) is 0 Å². The van der Waals surface area contributed by atoms with Crippen LogP contribution < -0.4 is 4.31 Å². The number of imidazole rings is 1. The third kappa shape index (κ3) is 2.91. The Morgan fingerprint density at radius 3 is 2.45 bits per heavy atom. The van der Waals surface area contributed by atoms with E-state index in [1.54, 1.807) is 4.57 Å². The second-order valence-electron chi connectivity index (χ2n) is 4.86. The number of nitrogens with zero attached hydrogens (tertiary/aromatic N) is 5. The minimum Gasteiger partial charge on any atom is -0.334 e. The second kappa shape index (κ2) is 5.72. The third-order valence-electron chi connectivity index (χ3n) is 3.06. The summed E-state index contributed by atoms with van der Waals surface area (Å²) in [5.41, 5.74) is -0.210. The molecule has 0 unspecified atom stereocenters. The summed E-state index contributed by atoms with van der Waals surface area (Å²) in [6, 6.07) is 2.55. The van der Waals surface area contributed by atoms with Gasteiger partial charge in [-0.2, -0.15) is 8.42 Å². The maximum Gasteiger partial charge on any atom is 0.287 e. The van der Waals surface area contributed by atoms with Crippen molar-refractivity contribution in [3.8, 4) is 0 Å². The molecule has 0 radical (unpaired) electrons. The topological polar surface area (TPSA) is 111 Å². The molecule has 0 saturated heterocycles. The number of pyridine rings is 1. The minimum absolute atomic E-state index is 0.0738. The van der Waals surface area contributed by atoms with Crippen LogP contribution >= 0.6 is 0 Å². The highest BCUT2D eigenvalue weighted by molar-refractivity contribution is 7.92. The van der Waals surface area contributed by atoms with Crippen molar-refractivity contribution in [1.82, 2.24) is 14.5 Å². The number of anilines is 1. The average Bonchev–Trinajstić information content (AvgIpc) is 2.97. The molecule has 2 heterocycles. The van der Waals surface area contributed by atoms with Crippen molar-refractivity contribution < 1.29 is 13.3 Å². The Kier molecular flexibility index (Phi) is 4.13. The fourth-order valence-corrected chi connectivity index (χ4v) is 2.74. The SMILES string of the molecule is CC(C)n1cnc(S(=O)(=O)N(C)c2ccc([N+](=O)[O-])cn2)c1. The zero-order valence-corrected chi connectivity index (χ0v) is 13.1. The summed E-state index contributed by atoms with van der Waals surface area (Å²) in [5.74, 6) is 0.0738.